The third-order valence-electron chi connectivity index (χ3n) is 4.84. The third-order valence-corrected chi connectivity index (χ3v) is 4.84. The minimum atomic E-state index is -0.207. The lowest BCUT2D eigenvalue weighted by molar-refractivity contribution is 0.104. The van der Waals surface area contributed by atoms with Gasteiger partial charge >= 0.3 is 0 Å². The minimum absolute atomic E-state index is 0.207. The molecule has 0 aromatic heterocycles. The van der Waals surface area contributed by atoms with Crippen LogP contribution >= 0.6 is 0 Å². The molecule has 1 aliphatic carbocycles. The molecule has 1 heterocycles. The molecule has 21 heavy (non-hydrogen) atoms. The largest absolute Gasteiger partial charge is 0.494 e. The van der Waals surface area contributed by atoms with E-state index in [1.54, 1.807) is 6.07 Å². The molecule has 4 heteroatoms. The van der Waals surface area contributed by atoms with Gasteiger partial charge < -0.3 is 10.1 Å². The molecule has 3 nitrogen and oxygen atoms in total. The van der Waals surface area contributed by atoms with Gasteiger partial charge in [0.15, 0.2) is 11.6 Å². The summed E-state index contributed by atoms with van der Waals surface area (Å²) < 4.78 is 19.5. The Morgan fingerprint density at radius 3 is 2.86 bits per heavy atom. The fourth-order valence-corrected chi connectivity index (χ4v) is 3.36. The Bertz CT molecular complexity index is 490. The van der Waals surface area contributed by atoms with Gasteiger partial charge in [0.25, 0.3) is 0 Å². The second kappa shape index (κ2) is 6.32. The first-order valence-electron chi connectivity index (χ1n) is 8.01. The van der Waals surface area contributed by atoms with E-state index in [-0.39, 0.29) is 5.82 Å². The van der Waals surface area contributed by atoms with Crippen LogP contribution < -0.4 is 10.1 Å². The molecule has 116 valence electrons. The average molecular weight is 292 g/mol. The molecule has 1 aromatic carbocycles. The van der Waals surface area contributed by atoms with Crippen LogP contribution in [0.3, 0.4) is 0 Å². The molecule has 1 saturated carbocycles. The maximum atomic E-state index is 14.4. The van der Waals surface area contributed by atoms with Crippen LogP contribution in [0.25, 0.3) is 0 Å². The van der Waals surface area contributed by atoms with Crippen LogP contribution in [0.5, 0.6) is 5.75 Å². The van der Waals surface area contributed by atoms with Crippen molar-refractivity contribution in [3.63, 3.8) is 0 Å². The van der Waals surface area contributed by atoms with Crippen LogP contribution in [0.2, 0.25) is 0 Å². The van der Waals surface area contributed by atoms with Crippen molar-refractivity contribution in [2.45, 2.75) is 44.8 Å². The second-order valence-electron chi connectivity index (χ2n) is 6.28. The van der Waals surface area contributed by atoms with Gasteiger partial charge in [-0.1, -0.05) is 19.1 Å². The van der Waals surface area contributed by atoms with Crippen molar-refractivity contribution in [3.05, 3.63) is 29.6 Å². The maximum absolute atomic E-state index is 14.4. The molecule has 0 amide bonds. The zero-order valence-electron chi connectivity index (χ0n) is 12.9. The summed E-state index contributed by atoms with van der Waals surface area (Å²) in [5, 5.41) is 3.63. The first kappa shape index (κ1) is 14.8. The number of rotatable bonds is 5. The van der Waals surface area contributed by atoms with Gasteiger partial charge in [0.2, 0.25) is 0 Å². The van der Waals surface area contributed by atoms with Gasteiger partial charge in [0.1, 0.15) is 0 Å². The Morgan fingerprint density at radius 2 is 2.19 bits per heavy atom. The molecule has 2 aliphatic rings. The molecule has 1 aromatic rings. The summed E-state index contributed by atoms with van der Waals surface area (Å²) in [6, 6.07) is 6.52. The van der Waals surface area contributed by atoms with Gasteiger partial charge in [-0.25, -0.2) is 4.39 Å². The Balaban J connectivity index is 1.76. The number of halogens is 1. The first-order chi connectivity index (χ1) is 10.2. The van der Waals surface area contributed by atoms with E-state index in [0.29, 0.717) is 24.4 Å². The van der Waals surface area contributed by atoms with E-state index in [0.717, 1.165) is 31.0 Å². The molecule has 0 spiro atoms. The predicted molar refractivity (Wildman–Crippen MR) is 82.0 cm³/mol. The molecule has 1 saturated heterocycles. The molecule has 2 atom stereocenters. The van der Waals surface area contributed by atoms with E-state index in [1.165, 1.54) is 20.0 Å². The number of hydrogen-bond acceptors (Lipinski definition) is 3. The van der Waals surface area contributed by atoms with E-state index >= 15 is 0 Å². The quantitative estimate of drug-likeness (QED) is 0.903. The van der Waals surface area contributed by atoms with Gasteiger partial charge in [-0.3, -0.25) is 4.90 Å². The normalized spacial score (nSPS) is 26.8. The van der Waals surface area contributed by atoms with Gasteiger partial charge in [0.05, 0.1) is 7.11 Å². The zero-order chi connectivity index (χ0) is 14.8. The summed E-state index contributed by atoms with van der Waals surface area (Å²) in [4.78, 5) is 2.47. The van der Waals surface area contributed by atoms with E-state index < -0.39 is 0 Å². The van der Waals surface area contributed by atoms with Crippen LogP contribution in [-0.4, -0.2) is 37.2 Å². The van der Waals surface area contributed by atoms with Crippen LogP contribution in [-0.2, 0) is 6.54 Å². The highest BCUT2D eigenvalue weighted by atomic mass is 19.1. The van der Waals surface area contributed by atoms with Gasteiger partial charge in [0, 0.05) is 37.3 Å². The fraction of sp³-hybridized carbons (Fsp3) is 0.647. The number of nitrogens with zero attached hydrogens (tertiary/aromatic N) is 1. The van der Waals surface area contributed by atoms with Crippen molar-refractivity contribution >= 4 is 0 Å². The monoisotopic (exact) mass is 292 g/mol. The maximum Gasteiger partial charge on any atom is 0.169 e. The van der Waals surface area contributed by atoms with E-state index in [4.69, 9.17) is 4.74 Å². The summed E-state index contributed by atoms with van der Waals surface area (Å²) in [5.41, 5.74) is 0.747. The van der Waals surface area contributed by atoms with E-state index in [9.17, 15) is 4.39 Å². The Morgan fingerprint density at radius 1 is 1.38 bits per heavy atom. The average Bonchev–Trinajstić information content (AvgIpc) is 3.34. The zero-order valence-corrected chi connectivity index (χ0v) is 12.9. The Hall–Kier alpha value is -1.13. The Kier molecular flexibility index (Phi) is 4.45. The smallest absolute Gasteiger partial charge is 0.169 e. The minimum Gasteiger partial charge on any atom is -0.494 e. The highest BCUT2D eigenvalue weighted by Crippen LogP contribution is 2.37. The number of methoxy groups -OCH3 is 1. The predicted octanol–water partition coefficient (Wildman–Crippen LogP) is 2.80. The highest BCUT2D eigenvalue weighted by Gasteiger charge is 2.38. The van der Waals surface area contributed by atoms with Gasteiger partial charge in [-0.2, -0.15) is 0 Å². The van der Waals surface area contributed by atoms with Crippen LogP contribution in [0, 0.1) is 11.7 Å². The van der Waals surface area contributed by atoms with Crippen molar-refractivity contribution in [3.8, 4) is 5.75 Å². The van der Waals surface area contributed by atoms with Crippen molar-refractivity contribution < 1.29 is 9.13 Å². The standard InChI is InChI=1S/C17H25FN2O/c1-3-14-11-20(15(9-19-14)12-7-8-12)10-13-5-4-6-16(21-2)17(13)18/h4-6,12,14-15,19H,3,7-11H2,1-2H3. The van der Waals surface area contributed by atoms with Crippen molar-refractivity contribution in [2.75, 3.05) is 20.2 Å². The molecule has 0 radical (unpaired) electrons. The third kappa shape index (κ3) is 3.22. The Labute approximate surface area is 126 Å². The van der Waals surface area contributed by atoms with Crippen molar-refractivity contribution in [1.29, 1.82) is 0 Å². The second-order valence-corrected chi connectivity index (χ2v) is 6.28. The van der Waals surface area contributed by atoms with Crippen molar-refractivity contribution in [2.24, 2.45) is 5.92 Å². The summed E-state index contributed by atoms with van der Waals surface area (Å²) in [6.45, 7) is 4.94. The van der Waals surface area contributed by atoms with Crippen LogP contribution in [0.15, 0.2) is 18.2 Å². The molecule has 1 N–H and O–H groups in total. The number of nitrogens with one attached hydrogen (secondary N) is 1. The topological polar surface area (TPSA) is 24.5 Å². The molecular weight excluding hydrogens is 267 g/mol. The van der Waals surface area contributed by atoms with E-state index in [1.807, 2.05) is 12.1 Å². The van der Waals surface area contributed by atoms with Crippen LogP contribution in [0.4, 0.5) is 4.39 Å². The molecular formula is C17H25FN2O. The molecule has 2 fully saturated rings. The summed E-state index contributed by atoms with van der Waals surface area (Å²) in [7, 11) is 1.52. The van der Waals surface area contributed by atoms with E-state index in [2.05, 4.69) is 17.1 Å². The summed E-state index contributed by atoms with van der Waals surface area (Å²) in [6.07, 6.45) is 3.76. The molecule has 2 unspecified atom stereocenters. The van der Waals surface area contributed by atoms with Crippen molar-refractivity contribution in [1.82, 2.24) is 10.2 Å². The highest BCUT2D eigenvalue weighted by molar-refractivity contribution is 5.31. The van der Waals surface area contributed by atoms with Crippen LogP contribution in [0.1, 0.15) is 31.7 Å². The number of hydrogen-bond donors (Lipinski definition) is 1. The fourth-order valence-electron chi connectivity index (χ4n) is 3.36. The lowest BCUT2D eigenvalue weighted by Crippen LogP contribution is -2.56. The first-order valence-corrected chi connectivity index (χ1v) is 8.01. The number of ether oxygens (including phenoxy) is 1. The number of benzene rings is 1. The number of piperazine rings is 1. The molecule has 3 rings (SSSR count). The molecule has 0 bridgehead atoms. The van der Waals surface area contributed by atoms with Gasteiger partial charge in [-0.15, -0.1) is 0 Å². The van der Waals surface area contributed by atoms with Gasteiger partial charge in [-0.05, 0) is 31.2 Å². The summed E-state index contributed by atoms with van der Waals surface area (Å²) >= 11 is 0. The summed E-state index contributed by atoms with van der Waals surface area (Å²) in [5.74, 6) is 0.933. The lowest BCUT2D eigenvalue weighted by Gasteiger charge is -2.40. The SMILES string of the molecule is CCC1CN(Cc2cccc(OC)c2F)C(C2CC2)CN1. The molecule has 1 aliphatic heterocycles. The lowest BCUT2D eigenvalue weighted by atomic mass is 10.0.